The van der Waals surface area contributed by atoms with Crippen molar-refractivity contribution in [2.75, 3.05) is 5.75 Å². The molecule has 1 N–H and O–H groups in total. The largest absolute Gasteiger partial charge is 0.507 e. The topological polar surface area (TPSA) is 20.2 Å². The molecule has 1 aromatic carbocycles. The van der Waals surface area contributed by atoms with Gasteiger partial charge < -0.3 is 5.11 Å². The number of rotatable bonds is 2. The van der Waals surface area contributed by atoms with E-state index in [0.29, 0.717) is 11.7 Å². The molecule has 0 aromatic heterocycles. The van der Waals surface area contributed by atoms with E-state index in [4.69, 9.17) is 11.6 Å². The number of aromatic hydroxyl groups is 1. The smallest absolute Gasteiger partial charge is 0.129 e. The van der Waals surface area contributed by atoms with Crippen molar-refractivity contribution in [2.45, 2.75) is 17.7 Å². The molecule has 1 aliphatic heterocycles. The van der Waals surface area contributed by atoms with E-state index >= 15 is 0 Å². The fourth-order valence-electron chi connectivity index (χ4n) is 1.80. The minimum absolute atomic E-state index is 0.302. The van der Waals surface area contributed by atoms with Gasteiger partial charge in [-0.15, -0.1) is 11.8 Å². The molecule has 0 saturated heterocycles. The van der Waals surface area contributed by atoms with Crippen molar-refractivity contribution in [3.05, 3.63) is 47.0 Å². The molecule has 0 amide bonds. The molecule has 2 rings (SSSR count). The van der Waals surface area contributed by atoms with Gasteiger partial charge in [-0.2, -0.15) is 0 Å². The third-order valence-corrected chi connectivity index (χ3v) is 4.03. The zero-order valence-electron chi connectivity index (χ0n) is 8.98. The second kappa shape index (κ2) is 4.98. The van der Waals surface area contributed by atoms with Gasteiger partial charge in [0.15, 0.2) is 0 Å². The molecule has 3 heteroatoms. The molecule has 0 radical (unpaired) electrons. The Hall–Kier alpha value is -0.860. The SMILES string of the molecule is C/C=C\C(Cl)=C/C1CSc2c(O)cccc21. The molecule has 84 valence electrons. The molecule has 0 spiro atoms. The summed E-state index contributed by atoms with van der Waals surface area (Å²) in [6, 6.07) is 5.66. The van der Waals surface area contributed by atoms with Crippen LogP contribution in [0.1, 0.15) is 18.4 Å². The van der Waals surface area contributed by atoms with Crippen LogP contribution in [0.2, 0.25) is 0 Å². The number of fused-ring (bicyclic) bond motifs is 1. The highest BCUT2D eigenvalue weighted by molar-refractivity contribution is 7.99. The second-order valence-electron chi connectivity index (χ2n) is 3.66. The molecule has 1 heterocycles. The Morgan fingerprint density at radius 3 is 3.12 bits per heavy atom. The van der Waals surface area contributed by atoms with Gasteiger partial charge in [-0.05, 0) is 24.6 Å². The molecule has 0 bridgehead atoms. The Morgan fingerprint density at radius 1 is 1.56 bits per heavy atom. The minimum atomic E-state index is 0.302. The molecular formula is C13H13ClOS. The van der Waals surface area contributed by atoms with E-state index in [-0.39, 0.29) is 0 Å². The summed E-state index contributed by atoms with van der Waals surface area (Å²) in [6.45, 7) is 1.94. The van der Waals surface area contributed by atoms with Crippen LogP contribution >= 0.6 is 23.4 Å². The standard InChI is InChI=1S/C13H13ClOS/c1-2-4-10(14)7-9-8-16-13-11(9)5-3-6-12(13)15/h2-7,9,15H,8H2,1H3/b4-2-,10-7+. The number of benzene rings is 1. The number of thioether (sulfide) groups is 1. The van der Waals surface area contributed by atoms with Crippen LogP contribution in [-0.2, 0) is 0 Å². The maximum absolute atomic E-state index is 9.70. The van der Waals surface area contributed by atoms with E-state index in [1.54, 1.807) is 17.8 Å². The van der Waals surface area contributed by atoms with Crippen molar-refractivity contribution in [1.29, 1.82) is 0 Å². The molecule has 1 aromatic rings. The summed E-state index contributed by atoms with van der Waals surface area (Å²) in [5, 5.41) is 10.5. The van der Waals surface area contributed by atoms with Crippen molar-refractivity contribution in [3.8, 4) is 5.75 Å². The molecule has 1 aliphatic rings. The number of phenols is 1. The van der Waals surface area contributed by atoms with Gasteiger partial charge in [0.05, 0.1) is 4.90 Å². The van der Waals surface area contributed by atoms with Crippen LogP contribution in [0.4, 0.5) is 0 Å². The van der Waals surface area contributed by atoms with E-state index in [9.17, 15) is 5.11 Å². The minimum Gasteiger partial charge on any atom is -0.507 e. The first-order valence-corrected chi connectivity index (χ1v) is 6.53. The highest BCUT2D eigenvalue weighted by Crippen LogP contribution is 2.45. The predicted octanol–water partition coefficient (Wildman–Crippen LogP) is 4.28. The summed E-state index contributed by atoms with van der Waals surface area (Å²) in [6.07, 6.45) is 5.84. The average Bonchev–Trinajstić information content (AvgIpc) is 2.64. The van der Waals surface area contributed by atoms with Crippen LogP contribution in [0.15, 0.2) is 46.4 Å². The second-order valence-corrected chi connectivity index (χ2v) is 5.13. The lowest BCUT2D eigenvalue weighted by atomic mass is 10.0. The predicted molar refractivity (Wildman–Crippen MR) is 70.3 cm³/mol. The van der Waals surface area contributed by atoms with Crippen LogP contribution in [0.3, 0.4) is 0 Å². The molecule has 0 saturated carbocycles. The van der Waals surface area contributed by atoms with Gasteiger partial charge in [0.1, 0.15) is 5.75 Å². The zero-order chi connectivity index (χ0) is 11.5. The van der Waals surface area contributed by atoms with Gasteiger partial charge in [-0.25, -0.2) is 0 Å². The van der Waals surface area contributed by atoms with E-state index in [2.05, 4.69) is 6.07 Å². The molecule has 1 unspecified atom stereocenters. The summed E-state index contributed by atoms with van der Waals surface area (Å²) in [7, 11) is 0. The zero-order valence-corrected chi connectivity index (χ0v) is 10.6. The Bertz CT molecular complexity index is 451. The Morgan fingerprint density at radius 2 is 2.38 bits per heavy atom. The van der Waals surface area contributed by atoms with Gasteiger partial charge in [0.25, 0.3) is 0 Å². The summed E-state index contributed by atoms with van der Waals surface area (Å²) < 4.78 is 0. The third-order valence-electron chi connectivity index (χ3n) is 2.52. The number of halogens is 1. The van der Waals surface area contributed by atoms with Crippen molar-refractivity contribution < 1.29 is 5.11 Å². The first-order chi connectivity index (χ1) is 7.72. The molecule has 1 atom stereocenters. The molecular weight excluding hydrogens is 240 g/mol. The highest BCUT2D eigenvalue weighted by Gasteiger charge is 2.23. The Labute approximate surface area is 105 Å². The van der Waals surface area contributed by atoms with Crippen LogP contribution in [0, 0.1) is 0 Å². The number of hydrogen-bond acceptors (Lipinski definition) is 2. The average molecular weight is 253 g/mol. The maximum Gasteiger partial charge on any atom is 0.129 e. The van der Waals surface area contributed by atoms with E-state index in [1.165, 1.54) is 5.56 Å². The summed E-state index contributed by atoms with van der Waals surface area (Å²) in [5.74, 6) is 1.62. The summed E-state index contributed by atoms with van der Waals surface area (Å²) in [4.78, 5) is 0.994. The quantitative estimate of drug-likeness (QED) is 0.793. The highest BCUT2D eigenvalue weighted by atomic mass is 35.5. The van der Waals surface area contributed by atoms with Gasteiger partial charge in [-0.1, -0.05) is 35.9 Å². The van der Waals surface area contributed by atoms with E-state index in [0.717, 1.165) is 15.7 Å². The van der Waals surface area contributed by atoms with Crippen molar-refractivity contribution in [3.63, 3.8) is 0 Å². The van der Waals surface area contributed by atoms with Gasteiger partial charge in [0.2, 0.25) is 0 Å². The van der Waals surface area contributed by atoms with Crippen LogP contribution in [0.25, 0.3) is 0 Å². The summed E-state index contributed by atoms with van der Waals surface area (Å²) >= 11 is 7.76. The lowest BCUT2D eigenvalue weighted by molar-refractivity contribution is 0.461. The van der Waals surface area contributed by atoms with Crippen molar-refractivity contribution >= 4 is 23.4 Å². The third kappa shape index (κ3) is 2.28. The van der Waals surface area contributed by atoms with Crippen molar-refractivity contribution in [1.82, 2.24) is 0 Å². The van der Waals surface area contributed by atoms with Crippen molar-refractivity contribution in [2.24, 2.45) is 0 Å². The number of allylic oxidation sites excluding steroid dienone is 4. The molecule has 0 fully saturated rings. The van der Waals surface area contributed by atoms with Crippen LogP contribution < -0.4 is 0 Å². The first-order valence-electron chi connectivity index (χ1n) is 5.17. The normalized spacial score (nSPS) is 20.4. The van der Waals surface area contributed by atoms with Crippen LogP contribution in [-0.4, -0.2) is 10.9 Å². The molecule has 0 aliphatic carbocycles. The first kappa shape index (κ1) is 11.6. The van der Waals surface area contributed by atoms with Gasteiger partial charge >= 0.3 is 0 Å². The number of phenolic OH excluding ortho intramolecular Hbond substituents is 1. The van der Waals surface area contributed by atoms with Gasteiger partial charge in [-0.3, -0.25) is 0 Å². The fourth-order valence-corrected chi connectivity index (χ4v) is 3.30. The van der Waals surface area contributed by atoms with E-state index in [1.807, 2.05) is 31.2 Å². The number of hydrogen-bond donors (Lipinski definition) is 1. The fraction of sp³-hybridized carbons (Fsp3) is 0.231. The van der Waals surface area contributed by atoms with Crippen LogP contribution in [0.5, 0.6) is 5.75 Å². The monoisotopic (exact) mass is 252 g/mol. The van der Waals surface area contributed by atoms with E-state index < -0.39 is 0 Å². The maximum atomic E-state index is 9.70. The lowest BCUT2D eigenvalue weighted by Crippen LogP contribution is -1.92. The molecule has 1 nitrogen and oxygen atoms in total. The Kier molecular flexibility index (Phi) is 3.62. The summed E-state index contributed by atoms with van der Waals surface area (Å²) in [5.41, 5.74) is 1.17. The Balaban J connectivity index is 2.31. The lowest BCUT2D eigenvalue weighted by Gasteiger charge is -2.05. The molecule has 16 heavy (non-hydrogen) atoms. The van der Waals surface area contributed by atoms with Gasteiger partial charge in [0, 0.05) is 16.7 Å².